The number of ether oxygens (including phenoxy) is 8. The molecule has 0 aromatic heterocycles. The summed E-state index contributed by atoms with van der Waals surface area (Å²) in [6.07, 6.45) is 0.430. The first-order valence-corrected chi connectivity index (χ1v) is 9.52. The van der Waals surface area contributed by atoms with Gasteiger partial charge in [-0.15, -0.1) is 6.58 Å². The van der Waals surface area contributed by atoms with E-state index in [0.717, 1.165) is 11.3 Å². The van der Waals surface area contributed by atoms with Gasteiger partial charge in [-0.1, -0.05) is 18.2 Å². The van der Waals surface area contributed by atoms with E-state index in [9.17, 15) is 0 Å². The Morgan fingerprint density at radius 2 is 1.76 bits per heavy atom. The maximum atomic E-state index is 6.23. The lowest BCUT2D eigenvalue weighted by atomic mass is 10.1. The second kappa shape index (κ2) is 10.5. The molecular weight excluding hydrogens is 380 g/mol. The number of hydrogen-bond donors (Lipinski definition) is 0. The van der Waals surface area contributed by atoms with Gasteiger partial charge in [0.15, 0.2) is 0 Å². The first-order valence-electron chi connectivity index (χ1n) is 9.52. The summed E-state index contributed by atoms with van der Waals surface area (Å²) < 4.78 is 45.1. The predicted octanol–water partition coefficient (Wildman–Crippen LogP) is 1.91. The smallest absolute Gasteiger partial charge is 0.149 e. The number of rotatable bonds is 14. The molecule has 29 heavy (non-hydrogen) atoms. The van der Waals surface area contributed by atoms with E-state index in [4.69, 9.17) is 37.9 Å². The highest BCUT2D eigenvalue weighted by atomic mass is 16.7. The summed E-state index contributed by atoms with van der Waals surface area (Å²) in [5, 5.41) is 0. The lowest BCUT2D eigenvalue weighted by Crippen LogP contribution is -2.45. The van der Waals surface area contributed by atoms with Gasteiger partial charge in [0, 0.05) is 14.2 Å². The van der Waals surface area contributed by atoms with Crippen molar-refractivity contribution in [3.63, 3.8) is 0 Å². The van der Waals surface area contributed by atoms with E-state index in [1.807, 2.05) is 24.3 Å². The van der Waals surface area contributed by atoms with Crippen LogP contribution >= 0.6 is 0 Å². The Balaban J connectivity index is 1.71. The van der Waals surface area contributed by atoms with E-state index < -0.39 is 5.60 Å². The number of benzene rings is 1. The van der Waals surface area contributed by atoms with Gasteiger partial charge in [-0.05, 0) is 17.7 Å². The molecule has 2 fully saturated rings. The highest BCUT2D eigenvalue weighted by Gasteiger charge is 2.75. The molecule has 0 amide bonds. The van der Waals surface area contributed by atoms with Crippen molar-refractivity contribution in [3.05, 3.63) is 42.5 Å². The van der Waals surface area contributed by atoms with Crippen LogP contribution in [0.1, 0.15) is 5.56 Å². The van der Waals surface area contributed by atoms with Gasteiger partial charge in [0.1, 0.15) is 49.4 Å². The van der Waals surface area contributed by atoms with Gasteiger partial charge in [0.2, 0.25) is 0 Å². The van der Waals surface area contributed by atoms with E-state index in [-0.39, 0.29) is 38.0 Å². The fraction of sp³-hybridized carbons (Fsp3) is 0.619. The van der Waals surface area contributed by atoms with Crippen molar-refractivity contribution < 1.29 is 37.9 Å². The van der Waals surface area contributed by atoms with Crippen molar-refractivity contribution in [2.24, 2.45) is 0 Å². The molecule has 1 aliphatic carbocycles. The monoisotopic (exact) mass is 410 g/mol. The summed E-state index contributed by atoms with van der Waals surface area (Å²) in [4.78, 5) is 0. The largest absolute Gasteiger partial charge is 0.497 e. The molecular formula is C21H30O8. The number of fused-ring (bicyclic) bond motifs is 1. The fourth-order valence-electron chi connectivity index (χ4n) is 3.71. The summed E-state index contributed by atoms with van der Waals surface area (Å²) in [6, 6.07) is 7.73. The highest BCUT2D eigenvalue weighted by Crippen LogP contribution is 2.54. The van der Waals surface area contributed by atoms with Crippen LogP contribution in [0.15, 0.2) is 36.9 Å². The maximum absolute atomic E-state index is 6.23. The molecule has 5 atom stereocenters. The molecule has 0 N–H and O–H groups in total. The van der Waals surface area contributed by atoms with Crippen molar-refractivity contribution in [1.82, 2.24) is 0 Å². The topological polar surface area (TPSA) is 77.1 Å². The summed E-state index contributed by atoms with van der Waals surface area (Å²) in [6.45, 7) is 5.13. The molecule has 0 bridgehead atoms. The maximum Gasteiger partial charge on any atom is 0.149 e. The minimum atomic E-state index is -0.634. The van der Waals surface area contributed by atoms with Crippen LogP contribution in [0.2, 0.25) is 0 Å². The molecule has 2 aliphatic rings. The fourth-order valence-corrected chi connectivity index (χ4v) is 3.71. The second-order valence-electron chi connectivity index (χ2n) is 6.95. The van der Waals surface area contributed by atoms with E-state index in [1.54, 1.807) is 27.4 Å². The summed E-state index contributed by atoms with van der Waals surface area (Å²) in [5.41, 5.74) is 0.387. The Morgan fingerprint density at radius 1 is 1.00 bits per heavy atom. The lowest BCUT2D eigenvalue weighted by Gasteiger charge is -2.30. The minimum Gasteiger partial charge on any atom is -0.497 e. The summed E-state index contributed by atoms with van der Waals surface area (Å²) in [5.74, 6) is 0.800. The molecule has 0 unspecified atom stereocenters. The van der Waals surface area contributed by atoms with Crippen LogP contribution in [0.3, 0.4) is 0 Å². The van der Waals surface area contributed by atoms with Crippen molar-refractivity contribution in [2.75, 3.05) is 48.1 Å². The highest BCUT2D eigenvalue weighted by molar-refractivity contribution is 5.27. The van der Waals surface area contributed by atoms with Crippen LogP contribution in [-0.2, 0) is 39.8 Å². The van der Waals surface area contributed by atoms with E-state index in [2.05, 4.69) is 6.58 Å². The van der Waals surface area contributed by atoms with E-state index in [0.29, 0.717) is 19.8 Å². The molecule has 3 rings (SSSR count). The Bertz CT molecular complexity index is 636. The van der Waals surface area contributed by atoms with Gasteiger partial charge in [0.05, 0.1) is 26.9 Å². The third-order valence-electron chi connectivity index (χ3n) is 5.08. The minimum absolute atomic E-state index is 0.128. The van der Waals surface area contributed by atoms with Gasteiger partial charge in [-0.3, -0.25) is 0 Å². The summed E-state index contributed by atoms with van der Waals surface area (Å²) in [7, 11) is 4.80. The molecule has 1 saturated heterocycles. The zero-order valence-corrected chi connectivity index (χ0v) is 17.2. The van der Waals surface area contributed by atoms with Crippen LogP contribution in [-0.4, -0.2) is 78.1 Å². The van der Waals surface area contributed by atoms with E-state index in [1.165, 1.54) is 0 Å². The third kappa shape index (κ3) is 4.97. The van der Waals surface area contributed by atoms with Gasteiger partial charge in [0.25, 0.3) is 0 Å². The number of hydrogen-bond acceptors (Lipinski definition) is 8. The van der Waals surface area contributed by atoms with Crippen molar-refractivity contribution >= 4 is 0 Å². The molecule has 8 heteroatoms. The van der Waals surface area contributed by atoms with Crippen LogP contribution in [0.5, 0.6) is 5.75 Å². The van der Waals surface area contributed by atoms with Crippen LogP contribution in [0.25, 0.3) is 0 Å². The molecule has 1 heterocycles. The zero-order chi connectivity index (χ0) is 20.7. The number of methoxy groups -OCH3 is 3. The first-order chi connectivity index (χ1) is 14.2. The predicted molar refractivity (Wildman–Crippen MR) is 104 cm³/mol. The molecule has 1 aromatic carbocycles. The second-order valence-corrected chi connectivity index (χ2v) is 6.95. The SMILES string of the molecule is C=CCO[C@H]1[C@H](OCOC)[C@@H](OCc2ccc(OC)cc2)[C@@H]2O[C@@]12COCOC. The van der Waals surface area contributed by atoms with Crippen LogP contribution in [0, 0.1) is 0 Å². The Hall–Kier alpha value is -1.52. The third-order valence-corrected chi connectivity index (χ3v) is 5.08. The van der Waals surface area contributed by atoms with Gasteiger partial charge >= 0.3 is 0 Å². The normalized spacial score (nSPS) is 30.2. The zero-order valence-electron chi connectivity index (χ0n) is 17.2. The summed E-state index contributed by atoms with van der Waals surface area (Å²) >= 11 is 0. The van der Waals surface area contributed by atoms with Gasteiger partial charge in [-0.25, -0.2) is 0 Å². The molecule has 162 valence electrons. The van der Waals surface area contributed by atoms with Crippen molar-refractivity contribution in [2.45, 2.75) is 36.6 Å². The Kier molecular flexibility index (Phi) is 8.02. The van der Waals surface area contributed by atoms with Crippen LogP contribution in [0.4, 0.5) is 0 Å². The Morgan fingerprint density at radius 3 is 2.41 bits per heavy atom. The van der Waals surface area contributed by atoms with Crippen LogP contribution < -0.4 is 4.74 Å². The van der Waals surface area contributed by atoms with Crippen molar-refractivity contribution in [1.29, 1.82) is 0 Å². The molecule has 1 saturated carbocycles. The lowest BCUT2D eigenvalue weighted by molar-refractivity contribution is -0.189. The van der Waals surface area contributed by atoms with E-state index >= 15 is 0 Å². The molecule has 1 aliphatic heterocycles. The van der Waals surface area contributed by atoms with Gasteiger partial charge < -0.3 is 37.9 Å². The molecule has 8 nitrogen and oxygen atoms in total. The van der Waals surface area contributed by atoms with Gasteiger partial charge in [-0.2, -0.15) is 0 Å². The first kappa shape index (κ1) is 22.2. The average Bonchev–Trinajstić information content (AvgIpc) is 3.41. The molecule has 0 spiro atoms. The molecule has 0 radical (unpaired) electrons. The quantitative estimate of drug-likeness (QED) is 0.199. The number of epoxide rings is 1. The van der Waals surface area contributed by atoms with Crippen molar-refractivity contribution in [3.8, 4) is 5.75 Å². The molecule has 1 aromatic rings. The standard InChI is InChI=1S/C21H30O8/c1-5-10-26-19-17(28-14-23-3)18(20-21(19,29-20)12-25-13-22-2)27-11-15-6-8-16(24-4)9-7-15/h5-9,17-20H,1,10-14H2,2-4H3/t17-,18-,19+,20+,21+/m1/s1. The Labute approximate surface area is 171 Å². The average molecular weight is 410 g/mol.